The molecule has 0 bridgehead atoms. The van der Waals surface area contributed by atoms with E-state index in [0.717, 1.165) is 12.5 Å². The lowest BCUT2D eigenvalue weighted by Gasteiger charge is -2.25. The maximum Gasteiger partial charge on any atom is 0.325 e. The Labute approximate surface area is 134 Å². The summed E-state index contributed by atoms with van der Waals surface area (Å²) in [4.78, 5) is 47.0. The standard InChI is InChI=1S/C17H20O6/c1-11-6-5-7-13(10-11)15(21)17(12(2)18,16(22)23)9-4-3-8-14(19)20/h5-7,10H,3-4,8-9H2,1-2H3,(H,19,20)(H,22,23). The highest BCUT2D eigenvalue weighted by Crippen LogP contribution is 2.32. The number of carboxylic acid groups (broad SMARTS) is 2. The number of hydrogen-bond donors (Lipinski definition) is 2. The second-order valence-electron chi connectivity index (χ2n) is 5.57. The average Bonchev–Trinajstić information content (AvgIpc) is 2.45. The molecule has 1 rings (SSSR count). The van der Waals surface area contributed by atoms with Crippen molar-refractivity contribution in [2.45, 2.75) is 39.5 Å². The number of carbonyl (C=O) groups is 4. The van der Waals surface area contributed by atoms with Crippen molar-refractivity contribution < 1.29 is 29.4 Å². The van der Waals surface area contributed by atoms with Gasteiger partial charge < -0.3 is 10.2 Å². The van der Waals surface area contributed by atoms with Crippen molar-refractivity contribution in [3.8, 4) is 0 Å². The zero-order valence-corrected chi connectivity index (χ0v) is 13.2. The Bertz CT molecular complexity index is 618. The van der Waals surface area contributed by atoms with Crippen LogP contribution in [0, 0.1) is 12.3 Å². The first-order valence-corrected chi connectivity index (χ1v) is 7.29. The van der Waals surface area contributed by atoms with Crippen LogP contribution in [0.25, 0.3) is 0 Å². The van der Waals surface area contributed by atoms with E-state index in [4.69, 9.17) is 5.11 Å². The maximum atomic E-state index is 12.7. The van der Waals surface area contributed by atoms with Crippen LogP contribution in [0.3, 0.4) is 0 Å². The number of aliphatic carboxylic acids is 2. The Morgan fingerprint density at radius 1 is 1.09 bits per heavy atom. The minimum atomic E-state index is -2.16. The lowest BCUT2D eigenvalue weighted by molar-refractivity contribution is -0.151. The van der Waals surface area contributed by atoms with Crippen molar-refractivity contribution >= 4 is 23.5 Å². The summed E-state index contributed by atoms with van der Waals surface area (Å²) in [6, 6.07) is 6.41. The first kappa shape index (κ1) is 18.5. The van der Waals surface area contributed by atoms with Crippen molar-refractivity contribution in [3.05, 3.63) is 35.4 Å². The van der Waals surface area contributed by atoms with Gasteiger partial charge in [-0.1, -0.05) is 30.2 Å². The summed E-state index contributed by atoms with van der Waals surface area (Å²) in [7, 11) is 0. The molecule has 0 radical (unpaired) electrons. The maximum absolute atomic E-state index is 12.7. The summed E-state index contributed by atoms with van der Waals surface area (Å²) in [5.41, 5.74) is -1.21. The number of benzene rings is 1. The van der Waals surface area contributed by atoms with Crippen LogP contribution in [0.2, 0.25) is 0 Å². The molecule has 6 heteroatoms. The number of Topliss-reactive ketones (excluding diaryl/α,β-unsaturated/α-hetero) is 2. The third-order valence-corrected chi connectivity index (χ3v) is 3.83. The molecule has 0 aliphatic heterocycles. The second kappa shape index (κ2) is 7.67. The van der Waals surface area contributed by atoms with E-state index >= 15 is 0 Å². The summed E-state index contributed by atoms with van der Waals surface area (Å²) in [6.07, 6.45) is 0.0262. The van der Waals surface area contributed by atoms with Gasteiger partial charge in [0.2, 0.25) is 0 Å². The Hall–Kier alpha value is -2.50. The van der Waals surface area contributed by atoms with Crippen LogP contribution in [-0.4, -0.2) is 33.7 Å². The van der Waals surface area contributed by atoms with Crippen LogP contribution in [0.5, 0.6) is 0 Å². The number of aryl methyl sites for hydroxylation is 1. The molecule has 2 N–H and O–H groups in total. The second-order valence-corrected chi connectivity index (χ2v) is 5.57. The molecule has 1 aromatic rings. The molecule has 0 aliphatic rings. The number of hydrogen-bond acceptors (Lipinski definition) is 4. The smallest absolute Gasteiger partial charge is 0.325 e. The predicted octanol–water partition coefficient (Wildman–Crippen LogP) is 2.48. The SMILES string of the molecule is CC(=O)C(CCCCC(=O)O)(C(=O)O)C(=O)c1cccc(C)c1. The van der Waals surface area contributed by atoms with Gasteiger partial charge in [-0.05, 0) is 32.8 Å². The zero-order valence-electron chi connectivity index (χ0n) is 13.2. The van der Waals surface area contributed by atoms with Gasteiger partial charge in [0.05, 0.1) is 0 Å². The lowest BCUT2D eigenvalue weighted by atomic mass is 9.73. The molecule has 0 heterocycles. The molecule has 1 atom stereocenters. The van der Waals surface area contributed by atoms with Crippen LogP contribution in [0.1, 0.15) is 48.5 Å². The zero-order chi connectivity index (χ0) is 17.6. The van der Waals surface area contributed by atoms with Crippen molar-refractivity contribution in [3.63, 3.8) is 0 Å². The van der Waals surface area contributed by atoms with Crippen LogP contribution in [0.15, 0.2) is 24.3 Å². The van der Waals surface area contributed by atoms with Crippen molar-refractivity contribution in [2.24, 2.45) is 5.41 Å². The van der Waals surface area contributed by atoms with Gasteiger partial charge in [0.25, 0.3) is 0 Å². The summed E-state index contributed by atoms with van der Waals surface area (Å²) < 4.78 is 0. The van der Waals surface area contributed by atoms with E-state index in [1.807, 2.05) is 0 Å². The first-order chi connectivity index (χ1) is 10.7. The number of carboxylic acids is 2. The molecule has 23 heavy (non-hydrogen) atoms. The number of carbonyl (C=O) groups excluding carboxylic acids is 2. The van der Waals surface area contributed by atoms with Crippen molar-refractivity contribution in [1.82, 2.24) is 0 Å². The topological polar surface area (TPSA) is 109 Å². The van der Waals surface area contributed by atoms with E-state index in [1.54, 1.807) is 25.1 Å². The third-order valence-electron chi connectivity index (χ3n) is 3.83. The summed E-state index contributed by atoms with van der Waals surface area (Å²) in [5.74, 6) is -3.99. The molecule has 0 fully saturated rings. The van der Waals surface area contributed by atoms with Crippen LogP contribution >= 0.6 is 0 Å². The molecular formula is C17H20O6. The molecular weight excluding hydrogens is 300 g/mol. The van der Waals surface area contributed by atoms with Gasteiger partial charge >= 0.3 is 11.9 Å². The van der Waals surface area contributed by atoms with Gasteiger partial charge in [-0.2, -0.15) is 0 Å². The fourth-order valence-electron chi connectivity index (χ4n) is 2.50. The number of unbranched alkanes of at least 4 members (excludes halogenated alkanes) is 1. The number of ketones is 2. The van der Waals surface area contributed by atoms with Crippen molar-refractivity contribution in [1.29, 1.82) is 0 Å². The molecule has 0 spiro atoms. The summed E-state index contributed by atoms with van der Waals surface area (Å²) in [6.45, 7) is 2.85. The van der Waals surface area contributed by atoms with Crippen LogP contribution in [-0.2, 0) is 14.4 Å². The third kappa shape index (κ3) is 4.25. The molecule has 0 saturated heterocycles. The fraction of sp³-hybridized carbons (Fsp3) is 0.412. The summed E-state index contributed by atoms with van der Waals surface area (Å²) >= 11 is 0. The molecule has 0 aliphatic carbocycles. The molecule has 0 amide bonds. The van der Waals surface area contributed by atoms with Gasteiger partial charge in [0, 0.05) is 12.0 Å². The lowest BCUT2D eigenvalue weighted by Crippen LogP contribution is -2.45. The molecule has 1 aromatic carbocycles. The van der Waals surface area contributed by atoms with Gasteiger partial charge in [-0.15, -0.1) is 0 Å². The highest BCUT2D eigenvalue weighted by Gasteiger charge is 2.50. The van der Waals surface area contributed by atoms with Crippen LogP contribution < -0.4 is 0 Å². The normalized spacial score (nSPS) is 13.1. The minimum absolute atomic E-state index is 0.133. The Morgan fingerprint density at radius 2 is 1.74 bits per heavy atom. The molecule has 6 nitrogen and oxygen atoms in total. The van der Waals surface area contributed by atoms with Gasteiger partial charge in [-0.25, -0.2) is 0 Å². The molecule has 1 unspecified atom stereocenters. The molecule has 0 aromatic heterocycles. The van der Waals surface area contributed by atoms with E-state index in [2.05, 4.69) is 0 Å². The fourth-order valence-corrected chi connectivity index (χ4v) is 2.50. The van der Waals surface area contributed by atoms with Crippen molar-refractivity contribution in [2.75, 3.05) is 0 Å². The van der Waals surface area contributed by atoms with E-state index in [9.17, 15) is 24.3 Å². The summed E-state index contributed by atoms with van der Waals surface area (Å²) in [5, 5.41) is 18.2. The highest BCUT2D eigenvalue weighted by molar-refractivity contribution is 6.26. The Kier molecular flexibility index (Phi) is 6.18. The molecule has 0 saturated carbocycles. The monoisotopic (exact) mass is 320 g/mol. The average molecular weight is 320 g/mol. The highest BCUT2D eigenvalue weighted by atomic mass is 16.4. The first-order valence-electron chi connectivity index (χ1n) is 7.29. The van der Waals surface area contributed by atoms with Crippen LogP contribution in [0.4, 0.5) is 0 Å². The largest absolute Gasteiger partial charge is 0.481 e. The number of rotatable bonds is 9. The predicted molar refractivity (Wildman–Crippen MR) is 82.4 cm³/mol. The Balaban J connectivity index is 3.13. The van der Waals surface area contributed by atoms with Gasteiger partial charge in [-0.3, -0.25) is 19.2 Å². The quantitative estimate of drug-likeness (QED) is 0.411. The van der Waals surface area contributed by atoms with Gasteiger partial charge in [0.15, 0.2) is 17.0 Å². The minimum Gasteiger partial charge on any atom is -0.481 e. The Morgan fingerprint density at radius 3 is 2.22 bits per heavy atom. The van der Waals surface area contributed by atoms with E-state index in [1.165, 1.54) is 6.07 Å². The molecule has 124 valence electrons. The van der Waals surface area contributed by atoms with E-state index in [-0.39, 0.29) is 31.2 Å². The van der Waals surface area contributed by atoms with E-state index < -0.39 is 28.9 Å². The van der Waals surface area contributed by atoms with E-state index in [0.29, 0.717) is 0 Å². The van der Waals surface area contributed by atoms with Gasteiger partial charge in [0.1, 0.15) is 0 Å².